The van der Waals surface area contributed by atoms with Gasteiger partial charge in [-0.1, -0.05) is 26.7 Å². The standard InChI is InChI=1S/C23H40N4O3.HI/c1-3-20(4-2)22(27-10-14-28-15-11-27)17-26-23(25-16-19-8-13-29-18-19)24-9-7-21-6-5-12-30-21;/h5-6,12,19-20,22H,3-4,7-11,13-18H2,1-2H3,(H2,24,25,26);1H. The molecule has 8 heteroatoms. The number of morpholine rings is 1. The molecule has 2 atom stereocenters. The van der Waals surface area contributed by atoms with E-state index in [1.807, 2.05) is 12.1 Å². The van der Waals surface area contributed by atoms with Crippen molar-refractivity contribution in [2.75, 3.05) is 59.2 Å². The van der Waals surface area contributed by atoms with Gasteiger partial charge in [0, 0.05) is 51.2 Å². The minimum absolute atomic E-state index is 0. The summed E-state index contributed by atoms with van der Waals surface area (Å²) in [4.78, 5) is 7.62. The van der Waals surface area contributed by atoms with E-state index in [4.69, 9.17) is 18.9 Å². The predicted octanol–water partition coefficient (Wildman–Crippen LogP) is 3.15. The molecule has 2 unspecified atom stereocenters. The van der Waals surface area contributed by atoms with Crippen molar-refractivity contribution in [2.24, 2.45) is 16.8 Å². The normalized spacial score (nSPS) is 21.1. The van der Waals surface area contributed by atoms with E-state index in [2.05, 4.69) is 29.4 Å². The second-order valence-corrected chi connectivity index (χ2v) is 8.35. The van der Waals surface area contributed by atoms with E-state index in [1.165, 1.54) is 12.8 Å². The summed E-state index contributed by atoms with van der Waals surface area (Å²) in [5.74, 6) is 3.11. The van der Waals surface area contributed by atoms with Crippen molar-refractivity contribution in [2.45, 2.75) is 45.6 Å². The van der Waals surface area contributed by atoms with Crippen LogP contribution in [0.1, 0.15) is 38.9 Å². The fourth-order valence-electron chi connectivity index (χ4n) is 4.41. The van der Waals surface area contributed by atoms with Crippen molar-refractivity contribution in [1.29, 1.82) is 0 Å². The molecule has 3 rings (SSSR count). The van der Waals surface area contributed by atoms with Gasteiger partial charge in [-0.05, 0) is 24.5 Å². The van der Waals surface area contributed by atoms with E-state index >= 15 is 0 Å². The molecule has 0 aromatic carbocycles. The average molecular weight is 549 g/mol. The number of nitrogens with zero attached hydrogens (tertiary/aromatic N) is 2. The van der Waals surface area contributed by atoms with Gasteiger partial charge in [-0.15, -0.1) is 24.0 Å². The quantitative estimate of drug-likeness (QED) is 0.252. The third kappa shape index (κ3) is 8.90. The van der Waals surface area contributed by atoms with Crippen molar-refractivity contribution >= 4 is 29.9 Å². The van der Waals surface area contributed by atoms with Crippen LogP contribution in [0.15, 0.2) is 27.8 Å². The van der Waals surface area contributed by atoms with Gasteiger partial charge in [0.25, 0.3) is 0 Å². The summed E-state index contributed by atoms with van der Waals surface area (Å²) in [6.07, 6.45) is 6.06. The van der Waals surface area contributed by atoms with Gasteiger partial charge >= 0.3 is 0 Å². The van der Waals surface area contributed by atoms with Gasteiger partial charge in [0.05, 0.1) is 32.6 Å². The summed E-state index contributed by atoms with van der Waals surface area (Å²) in [7, 11) is 0. The Bertz CT molecular complexity index is 598. The van der Waals surface area contributed by atoms with E-state index in [9.17, 15) is 0 Å². The molecule has 0 amide bonds. The van der Waals surface area contributed by atoms with Gasteiger partial charge in [0.1, 0.15) is 5.76 Å². The minimum atomic E-state index is 0. The molecule has 2 fully saturated rings. The lowest BCUT2D eigenvalue weighted by Crippen LogP contribution is -2.49. The number of aliphatic imine (C=N–C) groups is 1. The SMILES string of the molecule is CCC(CC)C(CN=C(NCCc1ccco1)NCC1CCOC1)N1CCOCC1.I. The molecule has 2 aliphatic rings. The highest BCUT2D eigenvalue weighted by molar-refractivity contribution is 14.0. The molecular weight excluding hydrogens is 507 g/mol. The molecule has 178 valence electrons. The maximum atomic E-state index is 5.58. The Balaban J connectivity index is 0.00000341. The lowest BCUT2D eigenvalue weighted by molar-refractivity contribution is 0.00395. The highest BCUT2D eigenvalue weighted by Gasteiger charge is 2.27. The van der Waals surface area contributed by atoms with Crippen LogP contribution in [-0.4, -0.2) is 76.1 Å². The summed E-state index contributed by atoms with van der Waals surface area (Å²) >= 11 is 0. The van der Waals surface area contributed by atoms with Gasteiger partial charge in [0.15, 0.2) is 5.96 Å². The predicted molar refractivity (Wildman–Crippen MR) is 135 cm³/mol. The third-order valence-electron chi connectivity index (χ3n) is 6.37. The zero-order valence-electron chi connectivity index (χ0n) is 19.2. The first-order chi connectivity index (χ1) is 14.8. The van der Waals surface area contributed by atoms with E-state index in [0.717, 1.165) is 83.7 Å². The Morgan fingerprint density at radius 3 is 2.61 bits per heavy atom. The second-order valence-electron chi connectivity index (χ2n) is 8.35. The van der Waals surface area contributed by atoms with Crippen molar-refractivity contribution in [3.05, 3.63) is 24.2 Å². The maximum absolute atomic E-state index is 5.58. The Morgan fingerprint density at radius 2 is 1.97 bits per heavy atom. The fourth-order valence-corrected chi connectivity index (χ4v) is 4.41. The van der Waals surface area contributed by atoms with E-state index < -0.39 is 0 Å². The van der Waals surface area contributed by atoms with Crippen LogP contribution < -0.4 is 10.6 Å². The molecule has 0 radical (unpaired) electrons. The molecule has 31 heavy (non-hydrogen) atoms. The van der Waals surface area contributed by atoms with Gasteiger partial charge in [0.2, 0.25) is 0 Å². The first kappa shape index (κ1) is 26.4. The molecule has 3 heterocycles. The van der Waals surface area contributed by atoms with Crippen LogP contribution in [0, 0.1) is 11.8 Å². The first-order valence-corrected chi connectivity index (χ1v) is 11.7. The smallest absolute Gasteiger partial charge is 0.191 e. The molecule has 0 bridgehead atoms. The van der Waals surface area contributed by atoms with Gasteiger partial charge < -0.3 is 24.5 Å². The zero-order chi connectivity index (χ0) is 21.0. The molecule has 7 nitrogen and oxygen atoms in total. The van der Waals surface area contributed by atoms with Gasteiger partial charge in [-0.25, -0.2) is 0 Å². The summed E-state index contributed by atoms with van der Waals surface area (Å²) in [6.45, 7) is 12.5. The fraction of sp³-hybridized carbons (Fsp3) is 0.783. The highest BCUT2D eigenvalue weighted by Crippen LogP contribution is 2.20. The van der Waals surface area contributed by atoms with Gasteiger partial charge in [-0.3, -0.25) is 9.89 Å². The number of guanidine groups is 1. The average Bonchev–Trinajstić information content (AvgIpc) is 3.49. The van der Waals surface area contributed by atoms with Crippen LogP contribution in [0.5, 0.6) is 0 Å². The van der Waals surface area contributed by atoms with Gasteiger partial charge in [-0.2, -0.15) is 0 Å². The number of halogens is 1. The summed E-state index contributed by atoms with van der Waals surface area (Å²) < 4.78 is 16.6. The van der Waals surface area contributed by atoms with Crippen LogP contribution in [-0.2, 0) is 15.9 Å². The zero-order valence-corrected chi connectivity index (χ0v) is 21.5. The molecule has 2 aliphatic heterocycles. The molecule has 2 saturated heterocycles. The maximum Gasteiger partial charge on any atom is 0.191 e. The van der Waals surface area contributed by atoms with Crippen LogP contribution in [0.25, 0.3) is 0 Å². The lowest BCUT2D eigenvalue weighted by Gasteiger charge is -2.38. The lowest BCUT2D eigenvalue weighted by atomic mass is 9.92. The number of hydrogen-bond donors (Lipinski definition) is 2. The Morgan fingerprint density at radius 1 is 1.16 bits per heavy atom. The first-order valence-electron chi connectivity index (χ1n) is 11.7. The van der Waals surface area contributed by atoms with Crippen molar-refractivity contribution < 1.29 is 13.9 Å². The largest absolute Gasteiger partial charge is 0.469 e. The van der Waals surface area contributed by atoms with E-state index in [-0.39, 0.29) is 24.0 Å². The minimum Gasteiger partial charge on any atom is -0.469 e. The van der Waals surface area contributed by atoms with Crippen LogP contribution in [0.4, 0.5) is 0 Å². The summed E-state index contributed by atoms with van der Waals surface area (Å²) in [6, 6.07) is 4.41. The van der Waals surface area contributed by atoms with Crippen LogP contribution in [0.2, 0.25) is 0 Å². The second kappa shape index (κ2) is 15.1. The summed E-state index contributed by atoms with van der Waals surface area (Å²) in [5, 5.41) is 7.07. The molecule has 0 saturated carbocycles. The van der Waals surface area contributed by atoms with Crippen LogP contribution in [0.3, 0.4) is 0 Å². The van der Waals surface area contributed by atoms with Crippen molar-refractivity contribution in [3.8, 4) is 0 Å². The van der Waals surface area contributed by atoms with Crippen LogP contribution >= 0.6 is 24.0 Å². The highest BCUT2D eigenvalue weighted by atomic mass is 127. The molecular formula is C23H41IN4O3. The van der Waals surface area contributed by atoms with Crippen molar-refractivity contribution in [1.82, 2.24) is 15.5 Å². The summed E-state index contributed by atoms with van der Waals surface area (Å²) in [5.41, 5.74) is 0. The third-order valence-corrected chi connectivity index (χ3v) is 6.37. The number of hydrogen-bond acceptors (Lipinski definition) is 5. The molecule has 0 spiro atoms. The molecule has 2 N–H and O–H groups in total. The van der Waals surface area contributed by atoms with E-state index in [1.54, 1.807) is 6.26 Å². The Kier molecular flexibility index (Phi) is 12.8. The number of furan rings is 1. The Hall–Kier alpha value is -0.840. The monoisotopic (exact) mass is 548 g/mol. The molecule has 0 aliphatic carbocycles. The number of nitrogens with one attached hydrogen (secondary N) is 2. The molecule has 1 aromatic rings. The van der Waals surface area contributed by atoms with E-state index in [0.29, 0.717) is 17.9 Å². The molecule has 1 aromatic heterocycles. The van der Waals surface area contributed by atoms with Crippen molar-refractivity contribution in [3.63, 3.8) is 0 Å². The Labute approximate surface area is 204 Å². The topological polar surface area (TPSA) is 71.3 Å². The number of rotatable bonds is 11. The number of ether oxygens (including phenoxy) is 2.